The Balaban J connectivity index is 1.82. The first-order valence-electron chi connectivity index (χ1n) is 9.58. The molecule has 1 amide bonds. The molecule has 0 radical (unpaired) electrons. The van der Waals surface area contributed by atoms with Crippen LogP contribution in [0.25, 0.3) is 0 Å². The molecule has 1 aromatic rings. The van der Waals surface area contributed by atoms with Crippen LogP contribution in [0.15, 0.2) is 18.2 Å². The Morgan fingerprint density at radius 1 is 1.04 bits per heavy atom. The van der Waals surface area contributed by atoms with E-state index in [4.69, 9.17) is 0 Å². The van der Waals surface area contributed by atoms with Gasteiger partial charge in [0, 0.05) is 12.5 Å². The fourth-order valence-corrected chi connectivity index (χ4v) is 4.53. The van der Waals surface area contributed by atoms with Gasteiger partial charge in [-0.15, -0.1) is 0 Å². The van der Waals surface area contributed by atoms with Crippen LogP contribution in [0.3, 0.4) is 0 Å². The highest BCUT2D eigenvalue weighted by Gasteiger charge is 2.37. The molecule has 3 atom stereocenters. The Bertz CT molecular complexity index is 655. The third kappa shape index (κ3) is 3.73. The van der Waals surface area contributed by atoms with Gasteiger partial charge in [-0.3, -0.25) is 9.59 Å². The summed E-state index contributed by atoms with van der Waals surface area (Å²) in [5, 5.41) is 9.32. The summed E-state index contributed by atoms with van der Waals surface area (Å²) in [5.74, 6) is -1.05. The minimum absolute atomic E-state index is 0.124. The van der Waals surface area contributed by atoms with Gasteiger partial charge in [0.15, 0.2) is 0 Å². The molecule has 1 aromatic carbocycles. The van der Waals surface area contributed by atoms with Crippen molar-refractivity contribution in [1.29, 1.82) is 0 Å². The quantitative estimate of drug-likeness (QED) is 0.892. The maximum absolute atomic E-state index is 13.2. The van der Waals surface area contributed by atoms with Crippen LogP contribution in [0.1, 0.15) is 67.7 Å². The van der Waals surface area contributed by atoms with Crippen molar-refractivity contribution in [2.45, 2.75) is 64.8 Å². The van der Waals surface area contributed by atoms with Gasteiger partial charge in [0.25, 0.3) is 0 Å². The maximum atomic E-state index is 13.2. The molecule has 1 N–H and O–H groups in total. The minimum Gasteiger partial charge on any atom is -0.481 e. The molecule has 1 aliphatic carbocycles. The van der Waals surface area contributed by atoms with Crippen LogP contribution in [-0.4, -0.2) is 28.4 Å². The molecular formula is C21H29NO3. The summed E-state index contributed by atoms with van der Waals surface area (Å²) >= 11 is 0. The highest BCUT2D eigenvalue weighted by molar-refractivity contribution is 5.81. The summed E-state index contributed by atoms with van der Waals surface area (Å²) < 4.78 is 0. The van der Waals surface area contributed by atoms with E-state index in [-0.39, 0.29) is 23.8 Å². The first-order chi connectivity index (χ1) is 12.0. The summed E-state index contributed by atoms with van der Waals surface area (Å²) in [6.45, 7) is 5.06. The number of carboxylic acid groups (broad SMARTS) is 1. The summed E-state index contributed by atoms with van der Waals surface area (Å²) in [5.41, 5.74) is 3.80. The molecule has 25 heavy (non-hydrogen) atoms. The summed E-state index contributed by atoms with van der Waals surface area (Å²) in [6, 6.07) is 6.49. The lowest BCUT2D eigenvalue weighted by molar-refractivity contribution is -0.146. The molecule has 1 aliphatic heterocycles. The van der Waals surface area contributed by atoms with E-state index < -0.39 is 5.97 Å². The van der Waals surface area contributed by atoms with Gasteiger partial charge < -0.3 is 10.0 Å². The average Bonchev–Trinajstić information content (AvgIpc) is 2.63. The number of likely N-dealkylation sites (tertiary alicyclic amines) is 1. The molecule has 1 saturated heterocycles. The third-order valence-electron chi connectivity index (χ3n) is 6.16. The fourth-order valence-electron chi connectivity index (χ4n) is 4.53. The van der Waals surface area contributed by atoms with E-state index in [0.29, 0.717) is 12.8 Å². The molecule has 4 heteroatoms. The second kappa shape index (κ2) is 7.59. The van der Waals surface area contributed by atoms with Crippen LogP contribution in [0.2, 0.25) is 0 Å². The van der Waals surface area contributed by atoms with Crippen LogP contribution >= 0.6 is 0 Å². The molecule has 136 valence electrons. The molecule has 1 heterocycles. The van der Waals surface area contributed by atoms with Gasteiger partial charge in [-0.05, 0) is 69.1 Å². The molecule has 1 saturated carbocycles. The number of piperidine rings is 1. The lowest BCUT2D eigenvalue weighted by Crippen LogP contribution is -2.43. The predicted octanol–water partition coefficient (Wildman–Crippen LogP) is 4.25. The van der Waals surface area contributed by atoms with Crippen molar-refractivity contribution >= 4 is 11.9 Å². The number of benzene rings is 1. The maximum Gasteiger partial charge on any atom is 0.306 e. The SMILES string of the molecule is Cc1cccc(C2CCCCN2C(=O)C2CCCC(C(=O)O)C2)c1C. The first-order valence-corrected chi connectivity index (χ1v) is 9.58. The van der Waals surface area contributed by atoms with Gasteiger partial charge >= 0.3 is 5.97 Å². The Morgan fingerprint density at radius 3 is 2.56 bits per heavy atom. The van der Waals surface area contributed by atoms with E-state index >= 15 is 0 Å². The van der Waals surface area contributed by atoms with Crippen molar-refractivity contribution in [3.8, 4) is 0 Å². The zero-order chi connectivity index (χ0) is 18.0. The van der Waals surface area contributed by atoms with Gasteiger partial charge in [-0.1, -0.05) is 24.6 Å². The number of hydrogen-bond donors (Lipinski definition) is 1. The van der Waals surface area contributed by atoms with Crippen molar-refractivity contribution in [1.82, 2.24) is 4.90 Å². The van der Waals surface area contributed by atoms with Gasteiger partial charge in [-0.25, -0.2) is 0 Å². The van der Waals surface area contributed by atoms with E-state index in [9.17, 15) is 14.7 Å². The predicted molar refractivity (Wildman–Crippen MR) is 97.3 cm³/mol. The van der Waals surface area contributed by atoms with E-state index in [1.165, 1.54) is 16.7 Å². The van der Waals surface area contributed by atoms with Gasteiger partial charge in [0.2, 0.25) is 5.91 Å². The second-order valence-corrected chi connectivity index (χ2v) is 7.73. The van der Waals surface area contributed by atoms with Crippen molar-refractivity contribution in [3.63, 3.8) is 0 Å². The summed E-state index contributed by atoms with van der Waals surface area (Å²) in [4.78, 5) is 26.6. The Kier molecular flexibility index (Phi) is 5.45. The lowest BCUT2D eigenvalue weighted by Gasteiger charge is -2.40. The zero-order valence-electron chi connectivity index (χ0n) is 15.3. The van der Waals surface area contributed by atoms with E-state index in [1.807, 2.05) is 0 Å². The molecular weight excluding hydrogens is 314 g/mol. The summed E-state index contributed by atoms with van der Waals surface area (Å²) in [7, 11) is 0. The largest absolute Gasteiger partial charge is 0.481 e. The lowest BCUT2D eigenvalue weighted by atomic mass is 9.80. The Hall–Kier alpha value is -1.84. The van der Waals surface area contributed by atoms with Crippen LogP contribution in [0.4, 0.5) is 0 Å². The zero-order valence-corrected chi connectivity index (χ0v) is 15.3. The monoisotopic (exact) mass is 343 g/mol. The molecule has 0 spiro atoms. The molecule has 2 aliphatic rings. The third-order valence-corrected chi connectivity index (χ3v) is 6.16. The molecule has 4 nitrogen and oxygen atoms in total. The summed E-state index contributed by atoms with van der Waals surface area (Å²) in [6.07, 6.45) is 6.08. The normalized spacial score (nSPS) is 27.1. The van der Waals surface area contributed by atoms with Crippen molar-refractivity contribution in [2.75, 3.05) is 6.54 Å². The molecule has 2 fully saturated rings. The Labute approximate surface area is 150 Å². The number of carboxylic acids is 1. The topological polar surface area (TPSA) is 57.6 Å². The Morgan fingerprint density at radius 2 is 1.80 bits per heavy atom. The number of rotatable bonds is 3. The van der Waals surface area contributed by atoms with Crippen LogP contribution in [-0.2, 0) is 9.59 Å². The minimum atomic E-state index is -0.748. The molecule has 0 bridgehead atoms. The van der Waals surface area contributed by atoms with E-state index in [2.05, 4.69) is 36.9 Å². The van der Waals surface area contributed by atoms with Crippen molar-refractivity contribution < 1.29 is 14.7 Å². The number of carbonyl (C=O) groups is 2. The van der Waals surface area contributed by atoms with Gasteiger partial charge in [-0.2, -0.15) is 0 Å². The van der Waals surface area contributed by atoms with Crippen molar-refractivity contribution in [2.24, 2.45) is 11.8 Å². The van der Waals surface area contributed by atoms with Crippen LogP contribution in [0.5, 0.6) is 0 Å². The molecule has 3 unspecified atom stereocenters. The first kappa shape index (κ1) is 18.0. The standard InChI is InChI=1S/C21H29NO3/c1-14-7-5-10-18(15(14)2)19-11-3-4-12-22(19)20(23)16-8-6-9-17(13-16)21(24)25/h5,7,10,16-17,19H,3-4,6,8-9,11-13H2,1-2H3,(H,24,25). The van der Waals surface area contributed by atoms with E-state index in [0.717, 1.165) is 38.6 Å². The second-order valence-electron chi connectivity index (χ2n) is 7.73. The number of nitrogens with zero attached hydrogens (tertiary/aromatic N) is 1. The highest BCUT2D eigenvalue weighted by Crippen LogP contribution is 2.37. The number of aliphatic carboxylic acids is 1. The molecule has 3 rings (SSSR count). The fraction of sp³-hybridized carbons (Fsp3) is 0.619. The number of aryl methyl sites for hydroxylation is 1. The van der Waals surface area contributed by atoms with Gasteiger partial charge in [0.05, 0.1) is 12.0 Å². The van der Waals surface area contributed by atoms with Crippen LogP contribution in [0, 0.1) is 25.7 Å². The molecule has 0 aromatic heterocycles. The number of amides is 1. The van der Waals surface area contributed by atoms with Gasteiger partial charge in [0.1, 0.15) is 0 Å². The van der Waals surface area contributed by atoms with Crippen LogP contribution < -0.4 is 0 Å². The highest BCUT2D eigenvalue weighted by atomic mass is 16.4. The average molecular weight is 343 g/mol. The number of hydrogen-bond acceptors (Lipinski definition) is 2. The number of carbonyl (C=O) groups excluding carboxylic acids is 1. The van der Waals surface area contributed by atoms with E-state index in [1.54, 1.807) is 0 Å². The van der Waals surface area contributed by atoms with Crippen molar-refractivity contribution in [3.05, 3.63) is 34.9 Å². The smallest absolute Gasteiger partial charge is 0.306 e.